The number of hydrogen-bond donors (Lipinski definition) is 0. The van der Waals surface area contributed by atoms with Crippen LogP contribution in [0, 0.1) is 0 Å². The predicted octanol–water partition coefficient (Wildman–Crippen LogP) is 7.89. The summed E-state index contributed by atoms with van der Waals surface area (Å²) in [6.07, 6.45) is 11.8. The number of methoxy groups -OCH3 is 1. The van der Waals surface area contributed by atoms with E-state index in [0.29, 0.717) is 5.56 Å². The highest BCUT2D eigenvalue weighted by Gasteiger charge is 2.38. The summed E-state index contributed by atoms with van der Waals surface area (Å²) < 4.78 is 7.36. The highest BCUT2D eigenvalue weighted by molar-refractivity contribution is 5.90. The maximum absolute atomic E-state index is 12.1. The van der Waals surface area contributed by atoms with Crippen molar-refractivity contribution >= 4 is 5.97 Å². The van der Waals surface area contributed by atoms with Gasteiger partial charge in [-0.25, -0.2) is 4.79 Å². The molecule has 0 N–H and O–H groups in total. The van der Waals surface area contributed by atoms with Crippen LogP contribution in [0.2, 0.25) is 0 Å². The normalized spacial score (nSPS) is 16.9. The molecule has 39 heavy (non-hydrogen) atoms. The van der Waals surface area contributed by atoms with Crippen molar-refractivity contribution in [2.75, 3.05) is 7.11 Å². The number of fused-ring (bicyclic) bond motifs is 4. The Balaban J connectivity index is 1.57. The third kappa shape index (κ3) is 4.50. The van der Waals surface area contributed by atoms with Gasteiger partial charge in [0.25, 0.3) is 0 Å². The first kappa shape index (κ1) is 25.6. The van der Waals surface area contributed by atoms with Crippen LogP contribution in [0.25, 0.3) is 22.4 Å². The molecule has 0 aliphatic heterocycles. The van der Waals surface area contributed by atoms with Crippen LogP contribution in [-0.4, -0.2) is 22.6 Å². The Labute approximate surface area is 232 Å². The molecule has 0 radical (unpaired) electrons. The maximum Gasteiger partial charge on any atom is 0.337 e. The predicted molar refractivity (Wildman–Crippen MR) is 157 cm³/mol. The van der Waals surface area contributed by atoms with Crippen molar-refractivity contribution in [2.45, 2.75) is 77.2 Å². The lowest BCUT2D eigenvalue weighted by Gasteiger charge is -2.42. The van der Waals surface area contributed by atoms with Crippen LogP contribution in [0.1, 0.15) is 85.1 Å². The number of esters is 1. The second-order valence-corrected chi connectivity index (χ2v) is 12.6. The van der Waals surface area contributed by atoms with Gasteiger partial charge < -0.3 is 9.30 Å². The minimum atomic E-state index is -0.307. The fraction of sp³-hybridized carbons (Fsp3) is 0.371. The molecule has 4 aromatic rings. The van der Waals surface area contributed by atoms with Crippen molar-refractivity contribution in [3.05, 3.63) is 101 Å². The topological polar surface area (TPSA) is 44.1 Å². The number of benzene rings is 2. The molecule has 0 spiro atoms. The average Bonchev–Trinajstić information content (AvgIpc) is 3.17. The smallest absolute Gasteiger partial charge is 0.337 e. The quantitative estimate of drug-likeness (QED) is 0.258. The Morgan fingerprint density at radius 1 is 0.949 bits per heavy atom. The van der Waals surface area contributed by atoms with E-state index in [0.717, 1.165) is 31.4 Å². The molecular weight excluding hydrogens is 480 g/mol. The van der Waals surface area contributed by atoms with E-state index in [9.17, 15) is 4.79 Å². The second kappa shape index (κ2) is 9.51. The summed E-state index contributed by atoms with van der Waals surface area (Å²) in [4.78, 5) is 16.5. The van der Waals surface area contributed by atoms with Crippen molar-refractivity contribution < 1.29 is 9.53 Å². The van der Waals surface area contributed by atoms with Gasteiger partial charge in [0, 0.05) is 36.3 Å². The van der Waals surface area contributed by atoms with Crippen LogP contribution < -0.4 is 0 Å². The SMILES string of the molecule is COC(=O)c1ccc(-c2cn(Cc3cccnc3)c3c2CCCc2cc4c(cc2-3)C(C)(C)CCC4(C)C)cc1. The molecule has 0 atom stereocenters. The van der Waals surface area contributed by atoms with Crippen molar-refractivity contribution in [1.82, 2.24) is 9.55 Å². The van der Waals surface area contributed by atoms with E-state index in [1.165, 1.54) is 64.6 Å². The van der Waals surface area contributed by atoms with E-state index < -0.39 is 0 Å². The van der Waals surface area contributed by atoms with Crippen LogP contribution in [0.5, 0.6) is 0 Å². The monoisotopic (exact) mass is 518 g/mol. The molecule has 0 fully saturated rings. The van der Waals surface area contributed by atoms with Crippen molar-refractivity contribution in [2.24, 2.45) is 0 Å². The zero-order chi connectivity index (χ0) is 27.4. The Bertz CT molecular complexity index is 1540. The largest absolute Gasteiger partial charge is 0.465 e. The van der Waals surface area contributed by atoms with E-state index in [1.54, 1.807) is 0 Å². The number of carbonyl (C=O) groups excluding carboxylic acids is 1. The maximum atomic E-state index is 12.1. The molecule has 2 aliphatic rings. The third-order valence-electron chi connectivity index (χ3n) is 9.08. The Morgan fingerprint density at radius 3 is 2.33 bits per heavy atom. The first-order valence-electron chi connectivity index (χ1n) is 14.2. The van der Waals surface area contributed by atoms with E-state index >= 15 is 0 Å². The van der Waals surface area contributed by atoms with Crippen LogP contribution in [-0.2, 0) is 35.0 Å². The molecule has 4 heteroatoms. The van der Waals surface area contributed by atoms with Gasteiger partial charge in [0.05, 0.1) is 18.4 Å². The first-order chi connectivity index (χ1) is 18.7. The number of hydrogen-bond acceptors (Lipinski definition) is 3. The van der Waals surface area contributed by atoms with Gasteiger partial charge in [-0.3, -0.25) is 4.98 Å². The van der Waals surface area contributed by atoms with Gasteiger partial charge in [-0.05, 0) is 101 Å². The molecule has 2 aliphatic carbocycles. The van der Waals surface area contributed by atoms with Crippen LogP contribution >= 0.6 is 0 Å². The van der Waals surface area contributed by atoms with Gasteiger partial charge in [0.1, 0.15) is 0 Å². The standard InChI is InChI=1S/C35H38N2O2/c1-34(2)15-16-35(3,4)31-19-28-26(18-30(31)34)9-6-10-27-29(24-11-13-25(14-12-24)33(38)39-5)22-37(32(27)28)21-23-8-7-17-36-20-23/h7-8,11-14,17-20,22H,6,9-10,15-16,21H2,1-5H3. The number of pyridine rings is 1. The highest BCUT2D eigenvalue weighted by atomic mass is 16.5. The van der Waals surface area contributed by atoms with E-state index in [1.807, 2.05) is 30.6 Å². The van der Waals surface area contributed by atoms with Gasteiger partial charge >= 0.3 is 5.97 Å². The number of nitrogens with zero attached hydrogens (tertiary/aromatic N) is 2. The highest BCUT2D eigenvalue weighted by Crippen LogP contribution is 2.49. The number of aryl methyl sites for hydroxylation is 1. The van der Waals surface area contributed by atoms with Gasteiger partial charge in [-0.1, -0.05) is 52.0 Å². The molecule has 2 heterocycles. The number of carbonyl (C=O) groups is 1. The number of rotatable bonds is 4. The van der Waals surface area contributed by atoms with E-state index in [2.05, 4.69) is 73.8 Å². The minimum Gasteiger partial charge on any atom is -0.465 e. The molecule has 0 bridgehead atoms. The minimum absolute atomic E-state index is 0.152. The zero-order valence-electron chi connectivity index (χ0n) is 23.8. The van der Waals surface area contributed by atoms with Crippen LogP contribution in [0.3, 0.4) is 0 Å². The molecule has 0 amide bonds. The van der Waals surface area contributed by atoms with Gasteiger partial charge in [-0.15, -0.1) is 0 Å². The van der Waals surface area contributed by atoms with Crippen LogP contribution in [0.4, 0.5) is 0 Å². The molecule has 0 unspecified atom stereocenters. The third-order valence-corrected chi connectivity index (χ3v) is 9.08. The van der Waals surface area contributed by atoms with Crippen LogP contribution in [0.15, 0.2) is 67.1 Å². The Kier molecular flexibility index (Phi) is 6.25. The summed E-state index contributed by atoms with van der Waals surface area (Å²) in [5.41, 5.74) is 13.1. The molecule has 200 valence electrons. The fourth-order valence-electron chi connectivity index (χ4n) is 6.68. The zero-order valence-corrected chi connectivity index (χ0v) is 23.8. The first-order valence-corrected chi connectivity index (χ1v) is 14.2. The van der Waals surface area contributed by atoms with Gasteiger partial charge in [-0.2, -0.15) is 0 Å². The molecule has 0 saturated heterocycles. The number of aromatic nitrogens is 2. The molecule has 2 aromatic heterocycles. The van der Waals surface area contributed by atoms with Gasteiger partial charge in [0.15, 0.2) is 0 Å². The summed E-state index contributed by atoms with van der Waals surface area (Å²) >= 11 is 0. The van der Waals surface area contributed by atoms with Crippen molar-refractivity contribution in [3.8, 4) is 22.4 Å². The van der Waals surface area contributed by atoms with Crippen molar-refractivity contribution in [1.29, 1.82) is 0 Å². The van der Waals surface area contributed by atoms with Crippen molar-refractivity contribution in [3.63, 3.8) is 0 Å². The fourth-order valence-corrected chi connectivity index (χ4v) is 6.68. The molecule has 2 aromatic carbocycles. The molecule has 6 rings (SSSR count). The Morgan fingerprint density at radius 2 is 1.67 bits per heavy atom. The Hall–Kier alpha value is -3.66. The molecule has 4 nitrogen and oxygen atoms in total. The lowest BCUT2D eigenvalue weighted by Crippen LogP contribution is -2.34. The average molecular weight is 519 g/mol. The van der Waals surface area contributed by atoms with E-state index in [-0.39, 0.29) is 16.8 Å². The second-order valence-electron chi connectivity index (χ2n) is 12.6. The summed E-state index contributed by atoms with van der Waals surface area (Å²) in [5, 5.41) is 0. The summed E-state index contributed by atoms with van der Waals surface area (Å²) in [7, 11) is 1.42. The van der Waals surface area contributed by atoms with Gasteiger partial charge in [0.2, 0.25) is 0 Å². The lowest BCUT2D eigenvalue weighted by atomic mass is 9.62. The summed E-state index contributed by atoms with van der Waals surface area (Å²) in [6.45, 7) is 10.4. The molecule has 0 saturated carbocycles. The van der Waals surface area contributed by atoms with E-state index in [4.69, 9.17) is 4.74 Å². The summed E-state index contributed by atoms with van der Waals surface area (Å²) in [6, 6.07) is 17.1. The number of ether oxygens (including phenoxy) is 1. The summed E-state index contributed by atoms with van der Waals surface area (Å²) in [5.74, 6) is -0.307. The lowest BCUT2D eigenvalue weighted by molar-refractivity contribution is 0.0600. The molecular formula is C35H38N2O2.